The third-order valence-corrected chi connectivity index (χ3v) is 4.14. The molecule has 1 rings (SSSR count). The largest absolute Gasteiger partial charge is 0.465 e. The first-order valence-corrected chi connectivity index (χ1v) is 6.98. The summed E-state index contributed by atoms with van der Waals surface area (Å²) in [5.74, 6) is 1.81. The highest BCUT2D eigenvalue weighted by atomic mass is 16.5. The van der Waals surface area contributed by atoms with Crippen molar-refractivity contribution in [3.05, 3.63) is 0 Å². The Kier molecular flexibility index (Phi) is 5.64. The second-order valence-corrected chi connectivity index (χ2v) is 6.56. The first-order chi connectivity index (χ1) is 8.36. The van der Waals surface area contributed by atoms with Gasteiger partial charge in [0.15, 0.2) is 0 Å². The van der Waals surface area contributed by atoms with Crippen LogP contribution in [-0.4, -0.2) is 26.3 Å². The van der Waals surface area contributed by atoms with E-state index in [0.29, 0.717) is 24.4 Å². The molecule has 18 heavy (non-hydrogen) atoms. The van der Waals surface area contributed by atoms with Gasteiger partial charge in [0.2, 0.25) is 0 Å². The van der Waals surface area contributed by atoms with E-state index in [1.54, 1.807) is 7.11 Å². The van der Waals surface area contributed by atoms with Gasteiger partial charge in [0.25, 0.3) is 0 Å². The molecule has 3 nitrogen and oxygen atoms in total. The zero-order valence-corrected chi connectivity index (χ0v) is 12.5. The van der Waals surface area contributed by atoms with E-state index >= 15 is 0 Å². The van der Waals surface area contributed by atoms with Crippen molar-refractivity contribution in [2.45, 2.75) is 47.0 Å². The molecule has 0 aliphatic heterocycles. The summed E-state index contributed by atoms with van der Waals surface area (Å²) in [5.41, 5.74) is 0.113. The van der Waals surface area contributed by atoms with Crippen LogP contribution in [0.2, 0.25) is 0 Å². The second-order valence-electron chi connectivity index (χ2n) is 6.56. The average molecular weight is 256 g/mol. The van der Waals surface area contributed by atoms with Crippen molar-refractivity contribution >= 4 is 5.97 Å². The van der Waals surface area contributed by atoms with Crippen LogP contribution >= 0.6 is 0 Å². The Bertz CT molecular complexity index is 275. The minimum atomic E-state index is -0.175. The molecule has 0 amide bonds. The zero-order valence-electron chi connectivity index (χ0n) is 12.5. The fraction of sp³-hybridized carbons (Fsp3) is 0.933. The molecule has 0 aromatic rings. The Morgan fingerprint density at radius 1 is 1.39 bits per heavy atom. The summed E-state index contributed by atoms with van der Waals surface area (Å²) in [6, 6.07) is 0. The molecule has 3 heteroatoms. The van der Waals surface area contributed by atoms with Gasteiger partial charge in [0.05, 0.1) is 6.61 Å². The third kappa shape index (κ3) is 4.60. The molecule has 0 saturated heterocycles. The van der Waals surface area contributed by atoms with E-state index in [2.05, 4.69) is 20.8 Å². The molecular formula is C15H28O3. The van der Waals surface area contributed by atoms with Gasteiger partial charge in [0.1, 0.15) is 0 Å². The summed E-state index contributed by atoms with van der Waals surface area (Å²) >= 11 is 0. The Labute approximate surface area is 111 Å². The number of ether oxygens (including phenoxy) is 2. The van der Waals surface area contributed by atoms with Crippen LogP contribution in [-0.2, 0) is 14.3 Å². The van der Waals surface area contributed by atoms with Gasteiger partial charge in [-0.2, -0.15) is 0 Å². The Balaban J connectivity index is 2.67. The molecule has 0 spiro atoms. The van der Waals surface area contributed by atoms with Crippen molar-refractivity contribution in [3.8, 4) is 0 Å². The number of hydrogen-bond donors (Lipinski definition) is 0. The van der Waals surface area contributed by atoms with Crippen molar-refractivity contribution in [1.82, 2.24) is 0 Å². The predicted molar refractivity (Wildman–Crippen MR) is 72.3 cm³/mol. The van der Waals surface area contributed by atoms with Gasteiger partial charge in [-0.1, -0.05) is 20.8 Å². The highest BCUT2D eigenvalue weighted by molar-refractivity contribution is 5.65. The lowest BCUT2D eigenvalue weighted by Crippen LogP contribution is -2.38. The number of hydrogen-bond acceptors (Lipinski definition) is 3. The van der Waals surface area contributed by atoms with Gasteiger partial charge < -0.3 is 9.47 Å². The van der Waals surface area contributed by atoms with Gasteiger partial charge in [-0.05, 0) is 37.0 Å². The molecule has 1 aliphatic rings. The molecule has 0 aromatic carbocycles. The monoisotopic (exact) mass is 256 g/mol. The molecule has 0 aromatic heterocycles. The molecule has 1 fully saturated rings. The summed E-state index contributed by atoms with van der Waals surface area (Å²) < 4.78 is 10.6. The lowest BCUT2D eigenvalue weighted by Gasteiger charge is -2.43. The summed E-state index contributed by atoms with van der Waals surface area (Å²) in [4.78, 5) is 11.0. The molecule has 0 bridgehead atoms. The summed E-state index contributed by atoms with van der Waals surface area (Å²) in [6.45, 7) is 9.66. The van der Waals surface area contributed by atoms with Crippen molar-refractivity contribution < 1.29 is 14.3 Å². The maximum absolute atomic E-state index is 11.0. The Hall–Kier alpha value is -0.570. The van der Waals surface area contributed by atoms with Crippen molar-refractivity contribution in [1.29, 1.82) is 0 Å². The summed E-state index contributed by atoms with van der Waals surface area (Å²) in [5, 5.41) is 0. The van der Waals surface area contributed by atoms with E-state index in [0.717, 1.165) is 19.4 Å². The zero-order chi connectivity index (χ0) is 13.8. The predicted octanol–water partition coefficient (Wildman–Crippen LogP) is 3.27. The maximum atomic E-state index is 11.0. The van der Waals surface area contributed by atoms with Crippen LogP contribution in [0.3, 0.4) is 0 Å². The fourth-order valence-corrected chi connectivity index (χ4v) is 3.27. The molecular weight excluding hydrogens is 228 g/mol. The standard InChI is InChI=1S/C15H28O3/c1-11(2)14-6-13(9-17-5)7-15(4,8-14)10-18-12(3)16/h11,13-14H,6-10H2,1-5H3. The van der Waals surface area contributed by atoms with E-state index in [1.165, 1.54) is 13.3 Å². The van der Waals surface area contributed by atoms with Crippen LogP contribution < -0.4 is 0 Å². The van der Waals surface area contributed by atoms with E-state index in [4.69, 9.17) is 9.47 Å². The normalized spacial score (nSPS) is 32.6. The maximum Gasteiger partial charge on any atom is 0.302 e. The SMILES string of the molecule is COCC1CC(C(C)C)CC(C)(COC(C)=O)C1. The lowest BCUT2D eigenvalue weighted by atomic mass is 9.64. The number of esters is 1. The second kappa shape index (κ2) is 6.55. The topological polar surface area (TPSA) is 35.5 Å². The molecule has 106 valence electrons. The number of rotatable bonds is 5. The van der Waals surface area contributed by atoms with E-state index in [9.17, 15) is 4.79 Å². The van der Waals surface area contributed by atoms with Crippen LogP contribution in [0.5, 0.6) is 0 Å². The Morgan fingerprint density at radius 2 is 2.06 bits per heavy atom. The molecule has 1 aliphatic carbocycles. The Morgan fingerprint density at radius 3 is 2.56 bits per heavy atom. The summed E-state index contributed by atoms with van der Waals surface area (Å²) in [7, 11) is 1.77. The van der Waals surface area contributed by atoms with Crippen LogP contribution in [0.4, 0.5) is 0 Å². The minimum Gasteiger partial charge on any atom is -0.465 e. The van der Waals surface area contributed by atoms with Gasteiger partial charge in [-0.3, -0.25) is 4.79 Å². The van der Waals surface area contributed by atoms with Crippen molar-refractivity contribution in [3.63, 3.8) is 0 Å². The molecule has 0 radical (unpaired) electrons. The van der Waals surface area contributed by atoms with Gasteiger partial charge in [0, 0.05) is 26.1 Å². The lowest BCUT2D eigenvalue weighted by molar-refractivity contribution is -0.146. The smallest absolute Gasteiger partial charge is 0.302 e. The van der Waals surface area contributed by atoms with Crippen LogP contribution in [0, 0.1) is 23.2 Å². The number of carbonyl (C=O) groups is 1. The van der Waals surface area contributed by atoms with E-state index < -0.39 is 0 Å². The first kappa shape index (κ1) is 15.5. The van der Waals surface area contributed by atoms with Gasteiger partial charge in [-0.25, -0.2) is 0 Å². The van der Waals surface area contributed by atoms with E-state index in [1.807, 2.05) is 0 Å². The average Bonchev–Trinajstić information content (AvgIpc) is 2.26. The molecule has 0 heterocycles. The van der Waals surface area contributed by atoms with Crippen LogP contribution in [0.1, 0.15) is 47.0 Å². The quantitative estimate of drug-likeness (QED) is 0.708. The number of methoxy groups -OCH3 is 1. The highest BCUT2D eigenvalue weighted by Crippen LogP contribution is 2.45. The summed E-state index contributed by atoms with van der Waals surface area (Å²) in [6.07, 6.45) is 3.48. The van der Waals surface area contributed by atoms with Crippen LogP contribution in [0.15, 0.2) is 0 Å². The van der Waals surface area contributed by atoms with Gasteiger partial charge in [-0.15, -0.1) is 0 Å². The van der Waals surface area contributed by atoms with Gasteiger partial charge >= 0.3 is 5.97 Å². The molecule has 3 atom stereocenters. The van der Waals surface area contributed by atoms with Crippen molar-refractivity contribution in [2.24, 2.45) is 23.2 Å². The van der Waals surface area contributed by atoms with E-state index in [-0.39, 0.29) is 11.4 Å². The minimum absolute atomic E-state index is 0.113. The molecule has 1 saturated carbocycles. The third-order valence-electron chi connectivity index (χ3n) is 4.14. The highest BCUT2D eigenvalue weighted by Gasteiger charge is 2.38. The molecule has 3 unspecified atom stereocenters. The van der Waals surface area contributed by atoms with Crippen molar-refractivity contribution in [2.75, 3.05) is 20.3 Å². The fourth-order valence-electron chi connectivity index (χ4n) is 3.27. The first-order valence-electron chi connectivity index (χ1n) is 6.98. The van der Waals surface area contributed by atoms with Crippen LogP contribution in [0.25, 0.3) is 0 Å². The number of carbonyl (C=O) groups excluding carboxylic acids is 1. The molecule has 0 N–H and O–H groups in total.